The molecule has 47 heavy (non-hydrogen) atoms. The summed E-state index contributed by atoms with van der Waals surface area (Å²) in [4.78, 5) is 45.3. The summed E-state index contributed by atoms with van der Waals surface area (Å²) in [6.45, 7) is 11.8. The van der Waals surface area contributed by atoms with Gasteiger partial charge in [-0.2, -0.15) is 0 Å². The standard InChI is InChI=1S/C39H57N3O5/c1-24(43)26-7-5-8-27(21-26)36(46)42-16-6-9-33(42)37(47)41-19-17-40(18-20-41)34-23-39(4)28(22-35(34)45)10-11-29-31-13-12-30(25(2)44)38(31,3)15-14-32(29)39/h5,7-8,21,25,28-35,44-45H,6,9-20,22-23H2,1-4H3/t25-,28+,29+,30-,31+,32+,33-,34+,35+,38-,39+/m1/s1. The maximum absolute atomic E-state index is 13.8. The Labute approximate surface area is 281 Å². The summed E-state index contributed by atoms with van der Waals surface area (Å²) in [5.41, 5.74) is 1.44. The van der Waals surface area contributed by atoms with Crippen LogP contribution in [-0.2, 0) is 4.79 Å². The van der Waals surface area contributed by atoms with E-state index in [0.717, 1.165) is 44.7 Å². The van der Waals surface area contributed by atoms with E-state index in [1.165, 1.54) is 39.0 Å². The number of fused-ring (bicyclic) bond motifs is 5. The molecule has 1 aromatic carbocycles. The van der Waals surface area contributed by atoms with E-state index in [-0.39, 0.29) is 46.7 Å². The van der Waals surface area contributed by atoms with Gasteiger partial charge in [-0.25, -0.2) is 0 Å². The summed E-state index contributed by atoms with van der Waals surface area (Å²) in [5, 5.41) is 22.2. The first-order valence-corrected chi connectivity index (χ1v) is 18.7. The highest BCUT2D eigenvalue weighted by Crippen LogP contribution is 2.68. The average molecular weight is 648 g/mol. The number of hydrogen-bond acceptors (Lipinski definition) is 6. The maximum atomic E-state index is 13.8. The number of Topliss-reactive ketones (excluding diaryl/α,β-unsaturated/α-hetero) is 1. The summed E-state index contributed by atoms with van der Waals surface area (Å²) in [6.07, 6.45) is 10.2. The molecule has 2 N–H and O–H groups in total. The number of ketones is 1. The molecular weight excluding hydrogens is 590 g/mol. The van der Waals surface area contributed by atoms with E-state index < -0.39 is 6.04 Å². The molecule has 258 valence electrons. The van der Waals surface area contributed by atoms with Crippen LogP contribution in [0.4, 0.5) is 0 Å². The van der Waals surface area contributed by atoms with Crippen molar-refractivity contribution in [3.05, 3.63) is 35.4 Å². The first kappa shape index (κ1) is 33.2. The molecule has 2 amide bonds. The number of likely N-dealkylation sites (tertiary alicyclic amines) is 1. The zero-order valence-electron chi connectivity index (χ0n) is 29.1. The zero-order chi connectivity index (χ0) is 33.2. The fourth-order valence-electron chi connectivity index (χ4n) is 12.3. The topological polar surface area (TPSA) is 101 Å². The van der Waals surface area contributed by atoms with Crippen LogP contribution < -0.4 is 0 Å². The molecule has 11 atom stereocenters. The number of hydrogen-bond donors (Lipinski definition) is 2. The molecular formula is C39H57N3O5. The van der Waals surface area contributed by atoms with Gasteiger partial charge in [0.1, 0.15) is 6.04 Å². The highest BCUT2D eigenvalue weighted by molar-refractivity contribution is 6.01. The normalized spacial score (nSPS) is 41.1. The number of nitrogens with zero attached hydrogens (tertiary/aromatic N) is 3. The Morgan fingerprint density at radius 2 is 1.62 bits per heavy atom. The molecule has 0 aromatic heterocycles. The predicted molar refractivity (Wildman–Crippen MR) is 181 cm³/mol. The van der Waals surface area contributed by atoms with Crippen molar-refractivity contribution in [2.75, 3.05) is 32.7 Å². The van der Waals surface area contributed by atoms with Crippen molar-refractivity contribution in [3.8, 4) is 0 Å². The molecule has 8 heteroatoms. The second-order valence-corrected chi connectivity index (χ2v) is 16.9. The predicted octanol–water partition coefficient (Wildman–Crippen LogP) is 5.02. The highest BCUT2D eigenvalue weighted by Gasteiger charge is 2.62. The summed E-state index contributed by atoms with van der Waals surface area (Å²) in [7, 11) is 0. The Morgan fingerprint density at radius 3 is 2.34 bits per heavy atom. The summed E-state index contributed by atoms with van der Waals surface area (Å²) in [6, 6.07) is 6.48. The summed E-state index contributed by atoms with van der Waals surface area (Å²) >= 11 is 0. The van der Waals surface area contributed by atoms with Gasteiger partial charge in [-0.3, -0.25) is 19.3 Å². The van der Waals surface area contributed by atoms with Gasteiger partial charge in [0.2, 0.25) is 5.91 Å². The third kappa shape index (κ3) is 5.58. The number of piperazine rings is 1. The Balaban J connectivity index is 0.998. The van der Waals surface area contributed by atoms with Gasteiger partial charge < -0.3 is 20.0 Å². The van der Waals surface area contributed by atoms with Gasteiger partial charge in [0.15, 0.2) is 5.78 Å². The third-order valence-electron chi connectivity index (χ3n) is 14.7. The highest BCUT2D eigenvalue weighted by atomic mass is 16.3. The van der Waals surface area contributed by atoms with Crippen molar-refractivity contribution < 1.29 is 24.6 Å². The van der Waals surface area contributed by atoms with Crippen molar-refractivity contribution in [3.63, 3.8) is 0 Å². The van der Waals surface area contributed by atoms with Gasteiger partial charge in [-0.05, 0) is 131 Å². The molecule has 4 aliphatic carbocycles. The third-order valence-corrected chi connectivity index (χ3v) is 14.7. The van der Waals surface area contributed by atoms with Gasteiger partial charge in [-0.15, -0.1) is 0 Å². The second kappa shape index (κ2) is 12.5. The van der Waals surface area contributed by atoms with E-state index in [4.69, 9.17) is 0 Å². The molecule has 7 rings (SSSR count). The molecule has 2 heterocycles. The molecule has 2 saturated heterocycles. The van der Waals surface area contributed by atoms with Crippen LogP contribution in [-0.4, -0.2) is 99.5 Å². The number of amides is 2. The Hall–Kier alpha value is -2.29. The largest absolute Gasteiger partial charge is 0.393 e. The molecule has 0 radical (unpaired) electrons. The lowest BCUT2D eigenvalue weighted by molar-refractivity contribution is -0.156. The van der Waals surface area contributed by atoms with Crippen LogP contribution in [0.1, 0.15) is 113 Å². The van der Waals surface area contributed by atoms with Crippen LogP contribution in [0.5, 0.6) is 0 Å². The number of carbonyl (C=O) groups excluding carboxylic acids is 3. The van der Waals surface area contributed by atoms with E-state index in [1.54, 1.807) is 29.2 Å². The van der Waals surface area contributed by atoms with Crippen molar-refractivity contribution >= 4 is 17.6 Å². The summed E-state index contributed by atoms with van der Waals surface area (Å²) in [5.74, 6) is 2.88. The van der Waals surface area contributed by atoms with Crippen molar-refractivity contribution in [2.45, 2.75) is 116 Å². The molecule has 6 fully saturated rings. The van der Waals surface area contributed by atoms with Gasteiger partial charge >= 0.3 is 0 Å². The second-order valence-electron chi connectivity index (χ2n) is 16.9. The minimum atomic E-state index is -0.463. The van der Waals surface area contributed by atoms with E-state index in [9.17, 15) is 24.6 Å². The van der Waals surface area contributed by atoms with E-state index in [0.29, 0.717) is 60.9 Å². The minimum Gasteiger partial charge on any atom is -0.393 e. The first-order valence-electron chi connectivity index (χ1n) is 18.7. The fourth-order valence-corrected chi connectivity index (χ4v) is 12.3. The molecule has 1 aromatic rings. The number of carbonyl (C=O) groups is 3. The Morgan fingerprint density at radius 1 is 0.894 bits per heavy atom. The number of rotatable bonds is 5. The number of benzene rings is 1. The van der Waals surface area contributed by atoms with Crippen LogP contribution in [0.25, 0.3) is 0 Å². The van der Waals surface area contributed by atoms with Crippen LogP contribution in [0, 0.1) is 40.4 Å². The Kier molecular flexibility index (Phi) is 8.87. The molecule has 0 unspecified atom stereocenters. The zero-order valence-corrected chi connectivity index (χ0v) is 29.1. The summed E-state index contributed by atoms with van der Waals surface area (Å²) < 4.78 is 0. The fraction of sp³-hybridized carbons (Fsp3) is 0.769. The van der Waals surface area contributed by atoms with Gasteiger partial charge in [0.25, 0.3) is 5.91 Å². The van der Waals surface area contributed by atoms with Crippen LogP contribution >= 0.6 is 0 Å². The minimum absolute atomic E-state index is 0.0295. The van der Waals surface area contributed by atoms with Crippen LogP contribution in [0.15, 0.2) is 24.3 Å². The van der Waals surface area contributed by atoms with E-state index in [2.05, 4.69) is 18.7 Å². The van der Waals surface area contributed by atoms with Crippen molar-refractivity contribution in [1.29, 1.82) is 0 Å². The van der Waals surface area contributed by atoms with Crippen LogP contribution in [0.2, 0.25) is 0 Å². The van der Waals surface area contributed by atoms with Gasteiger partial charge in [-0.1, -0.05) is 26.0 Å². The first-order chi connectivity index (χ1) is 22.4. The number of aliphatic hydroxyl groups excluding tert-OH is 2. The lowest BCUT2D eigenvalue weighted by atomic mass is 9.44. The Bertz CT molecular complexity index is 1370. The molecule has 0 spiro atoms. The number of aliphatic hydroxyl groups is 2. The monoisotopic (exact) mass is 647 g/mol. The SMILES string of the molecule is CC(=O)c1cccc(C(=O)N2CCC[C@@H]2C(=O)N2CCN([C@H]3C[C@@]4(C)[C@@H](CC[C@@H]5[C@@H]4CC[C@]4(C)[C@@H]([C@@H](C)O)CC[C@@H]54)C[C@@H]3O)CC2)c1. The molecule has 0 bridgehead atoms. The molecule has 6 aliphatic rings. The lowest BCUT2D eigenvalue weighted by Crippen LogP contribution is -2.62. The maximum Gasteiger partial charge on any atom is 0.254 e. The quantitative estimate of drug-likeness (QED) is 0.436. The average Bonchev–Trinajstić information content (AvgIpc) is 3.69. The van der Waals surface area contributed by atoms with E-state index in [1.807, 2.05) is 11.8 Å². The molecule has 4 saturated carbocycles. The van der Waals surface area contributed by atoms with Crippen molar-refractivity contribution in [1.82, 2.24) is 14.7 Å². The molecule has 2 aliphatic heterocycles. The van der Waals surface area contributed by atoms with Crippen molar-refractivity contribution in [2.24, 2.45) is 40.4 Å². The smallest absolute Gasteiger partial charge is 0.254 e. The van der Waals surface area contributed by atoms with E-state index >= 15 is 0 Å². The molecule has 8 nitrogen and oxygen atoms in total. The van der Waals surface area contributed by atoms with Gasteiger partial charge in [0, 0.05) is 49.9 Å². The van der Waals surface area contributed by atoms with Crippen LogP contribution in [0.3, 0.4) is 0 Å². The lowest BCUT2D eigenvalue weighted by Gasteiger charge is -2.63. The van der Waals surface area contributed by atoms with Gasteiger partial charge in [0.05, 0.1) is 12.2 Å².